The van der Waals surface area contributed by atoms with E-state index in [0.29, 0.717) is 17.7 Å². The summed E-state index contributed by atoms with van der Waals surface area (Å²) in [7, 11) is 0. The van der Waals surface area contributed by atoms with Gasteiger partial charge < -0.3 is 9.30 Å². The first-order chi connectivity index (χ1) is 15.6. The molecule has 5 rings (SSSR count). The van der Waals surface area contributed by atoms with Gasteiger partial charge in [-0.3, -0.25) is 4.79 Å². The fraction of sp³-hybridized carbons (Fsp3) is 0.111. The molecule has 0 bridgehead atoms. The number of aromatic nitrogens is 2. The maximum Gasteiger partial charge on any atom is 0.165 e. The van der Waals surface area contributed by atoms with Crippen LogP contribution in [0.1, 0.15) is 41.0 Å². The topological polar surface area (TPSA) is 44.1 Å². The largest absolute Gasteiger partial charge is 0.454 e. The monoisotopic (exact) mass is 424 g/mol. The maximum atomic E-state index is 13.8. The zero-order valence-corrected chi connectivity index (χ0v) is 17.5. The van der Waals surface area contributed by atoms with Gasteiger partial charge in [-0.2, -0.15) is 0 Å². The van der Waals surface area contributed by atoms with Crippen molar-refractivity contribution in [2.24, 2.45) is 0 Å². The highest BCUT2D eigenvalue weighted by molar-refractivity contribution is 6.01. The van der Waals surface area contributed by atoms with Gasteiger partial charge in [0, 0.05) is 12.0 Å². The van der Waals surface area contributed by atoms with Gasteiger partial charge in [-0.25, -0.2) is 9.37 Å². The van der Waals surface area contributed by atoms with E-state index in [1.54, 1.807) is 48.8 Å². The number of Topliss-reactive ketones (excluding diaryl/α,β-unsaturated/α-hetero) is 1. The van der Waals surface area contributed by atoms with Gasteiger partial charge in [0.05, 0.1) is 24.3 Å². The molecule has 0 saturated heterocycles. The van der Waals surface area contributed by atoms with Gasteiger partial charge in [-0.05, 0) is 60.0 Å². The predicted octanol–water partition coefficient (Wildman–Crippen LogP) is 6.57. The molecule has 0 radical (unpaired) electrons. The number of nitrogens with zero attached hydrogens (tertiary/aromatic N) is 2. The lowest BCUT2D eigenvalue weighted by molar-refractivity contribution is 0.0972. The van der Waals surface area contributed by atoms with Gasteiger partial charge in [-0.1, -0.05) is 42.5 Å². The average Bonchev–Trinajstić information content (AvgIpc) is 3.39. The molecule has 2 heterocycles. The lowest BCUT2D eigenvalue weighted by Gasteiger charge is -2.18. The minimum absolute atomic E-state index is 0.0234. The van der Waals surface area contributed by atoms with Gasteiger partial charge in [0.25, 0.3) is 0 Å². The predicted molar refractivity (Wildman–Crippen MR) is 122 cm³/mol. The molecular formula is C27H21FN2O2. The summed E-state index contributed by atoms with van der Waals surface area (Å²) in [6, 6.07) is 23.1. The van der Waals surface area contributed by atoms with E-state index in [1.807, 2.05) is 24.4 Å². The molecule has 0 fully saturated rings. The Labute approximate surface area is 185 Å². The number of imidazole rings is 1. The molecule has 0 spiro atoms. The number of fused-ring (bicyclic) bond motifs is 1. The van der Waals surface area contributed by atoms with Crippen molar-refractivity contribution in [1.29, 1.82) is 0 Å². The highest BCUT2D eigenvalue weighted by Gasteiger charge is 2.31. The van der Waals surface area contributed by atoms with E-state index in [4.69, 9.17) is 4.74 Å². The number of benzene rings is 3. The molecule has 32 heavy (non-hydrogen) atoms. The Hall–Kier alpha value is -3.99. The Kier molecular flexibility index (Phi) is 5.15. The third kappa shape index (κ3) is 3.62. The molecule has 0 amide bonds. The quantitative estimate of drug-likeness (QED) is 0.329. The van der Waals surface area contributed by atoms with Crippen molar-refractivity contribution in [3.05, 3.63) is 114 Å². The first kappa shape index (κ1) is 19.9. The number of carbonyl (C=O) groups excluding carboxylic acids is 1. The number of halogens is 1. The number of carbonyl (C=O) groups is 1. The second-order valence-electron chi connectivity index (χ2n) is 7.79. The number of rotatable bonds is 6. The molecule has 158 valence electrons. The minimum atomic E-state index is -0.430. The molecular weight excluding hydrogens is 403 g/mol. The first-order valence-corrected chi connectivity index (χ1v) is 10.5. The van der Waals surface area contributed by atoms with Gasteiger partial charge in [-0.15, -0.1) is 0 Å². The van der Waals surface area contributed by atoms with Crippen molar-refractivity contribution < 1.29 is 13.9 Å². The van der Waals surface area contributed by atoms with Gasteiger partial charge in [0.15, 0.2) is 17.3 Å². The number of hydrogen-bond acceptors (Lipinski definition) is 3. The number of hydrogen-bond donors (Lipinski definition) is 0. The third-order valence-electron chi connectivity index (χ3n) is 5.83. The average molecular weight is 424 g/mol. The lowest BCUT2D eigenvalue weighted by Crippen LogP contribution is -2.13. The van der Waals surface area contributed by atoms with E-state index in [0.717, 1.165) is 22.4 Å². The van der Waals surface area contributed by atoms with E-state index in [1.165, 1.54) is 6.07 Å². The molecule has 1 aliphatic heterocycles. The summed E-state index contributed by atoms with van der Waals surface area (Å²) in [6.07, 6.45) is 3.95. The molecule has 1 unspecified atom stereocenters. The molecule has 1 atom stereocenters. The highest BCUT2D eigenvalue weighted by atomic mass is 19.1. The molecule has 1 aromatic heterocycles. The van der Waals surface area contributed by atoms with E-state index >= 15 is 0 Å². The smallest absolute Gasteiger partial charge is 0.165 e. The molecule has 3 aromatic carbocycles. The highest BCUT2D eigenvalue weighted by Crippen LogP contribution is 2.44. The maximum absolute atomic E-state index is 13.8. The Balaban J connectivity index is 1.38. The van der Waals surface area contributed by atoms with E-state index in [9.17, 15) is 9.18 Å². The SMILES string of the molecule is CC1=C(c2ccccc2)C(CC(=O)c2ccc(Oc3ccccc3F)cc2)n2cncc21. The van der Waals surface area contributed by atoms with Crippen molar-refractivity contribution >= 4 is 16.9 Å². The van der Waals surface area contributed by atoms with Crippen LogP contribution in [0.2, 0.25) is 0 Å². The minimum Gasteiger partial charge on any atom is -0.454 e. The number of para-hydroxylation sites is 1. The molecule has 4 aromatic rings. The van der Waals surface area contributed by atoms with Crippen LogP contribution in [0.3, 0.4) is 0 Å². The Morgan fingerprint density at radius 3 is 2.47 bits per heavy atom. The summed E-state index contributed by atoms with van der Waals surface area (Å²) in [5.41, 5.74) is 5.02. The van der Waals surface area contributed by atoms with E-state index in [2.05, 4.69) is 28.6 Å². The van der Waals surface area contributed by atoms with Gasteiger partial charge >= 0.3 is 0 Å². The summed E-state index contributed by atoms with van der Waals surface area (Å²) in [6.45, 7) is 2.08. The molecule has 0 N–H and O–H groups in total. The zero-order valence-electron chi connectivity index (χ0n) is 17.5. The molecule has 0 aliphatic carbocycles. The van der Waals surface area contributed by atoms with Crippen LogP contribution in [0.15, 0.2) is 91.4 Å². The lowest BCUT2D eigenvalue weighted by atomic mass is 9.91. The molecule has 0 saturated carbocycles. The van der Waals surface area contributed by atoms with Crippen LogP contribution in [-0.4, -0.2) is 15.3 Å². The third-order valence-corrected chi connectivity index (χ3v) is 5.83. The normalized spacial score (nSPS) is 15.0. The summed E-state index contributed by atoms with van der Waals surface area (Å²) in [4.78, 5) is 17.5. The van der Waals surface area contributed by atoms with Crippen LogP contribution in [0, 0.1) is 5.82 Å². The van der Waals surface area contributed by atoms with Crippen molar-refractivity contribution in [2.45, 2.75) is 19.4 Å². The van der Waals surface area contributed by atoms with Crippen LogP contribution in [0.5, 0.6) is 11.5 Å². The Bertz CT molecular complexity index is 1310. The van der Waals surface area contributed by atoms with Gasteiger partial charge in [0.2, 0.25) is 0 Å². The zero-order chi connectivity index (χ0) is 22.1. The molecule has 1 aliphatic rings. The van der Waals surface area contributed by atoms with E-state index < -0.39 is 5.82 Å². The Morgan fingerprint density at radius 1 is 1.00 bits per heavy atom. The van der Waals surface area contributed by atoms with Crippen LogP contribution in [0.4, 0.5) is 4.39 Å². The summed E-state index contributed by atoms with van der Waals surface area (Å²) in [5.74, 6) is 0.222. The number of allylic oxidation sites excluding steroid dienone is 2. The van der Waals surface area contributed by atoms with Crippen LogP contribution in [-0.2, 0) is 0 Å². The fourth-order valence-corrected chi connectivity index (χ4v) is 4.25. The molecule has 4 nitrogen and oxygen atoms in total. The van der Waals surface area contributed by atoms with E-state index in [-0.39, 0.29) is 17.6 Å². The summed E-state index contributed by atoms with van der Waals surface area (Å²) < 4.78 is 21.5. The van der Waals surface area contributed by atoms with Crippen LogP contribution < -0.4 is 4.74 Å². The van der Waals surface area contributed by atoms with Crippen molar-refractivity contribution in [3.63, 3.8) is 0 Å². The first-order valence-electron chi connectivity index (χ1n) is 10.5. The number of ketones is 1. The standard InChI is InChI=1S/C27H21FN2O2/c1-18-24-16-29-17-30(24)23(27(18)20-7-3-2-4-8-20)15-25(31)19-11-13-21(14-12-19)32-26-10-6-5-9-22(26)28/h2-14,16-17,23H,15H2,1H3. The Morgan fingerprint density at radius 2 is 1.72 bits per heavy atom. The van der Waals surface area contributed by atoms with Crippen LogP contribution in [0.25, 0.3) is 11.1 Å². The van der Waals surface area contributed by atoms with Crippen molar-refractivity contribution in [1.82, 2.24) is 9.55 Å². The second-order valence-corrected chi connectivity index (χ2v) is 7.79. The fourth-order valence-electron chi connectivity index (χ4n) is 4.25. The van der Waals surface area contributed by atoms with Crippen molar-refractivity contribution in [3.8, 4) is 11.5 Å². The number of ether oxygens (including phenoxy) is 1. The molecule has 5 heteroatoms. The van der Waals surface area contributed by atoms with Gasteiger partial charge in [0.1, 0.15) is 5.75 Å². The van der Waals surface area contributed by atoms with Crippen LogP contribution >= 0.6 is 0 Å². The second kappa shape index (κ2) is 8.27. The van der Waals surface area contributed by atoms with Crippen molar-refractivity contribution in [2.75, 3.05) is 0 Å². The summed E-state index contributed by atoms with van der Waals surface area (Å²) >= 11 is 0. The summed E-state index contributed by atoms with van der Waals surface area (Å²) in [5, 5.41) is 0.